The number of halogens is 1. The fraction of sp³-hybridized carbons (Fsp3) is 0.500. The van der Waals surface area contributed by atoms with Gasteiger partial charge in [-0.15, -0.1) is 0 Å². The van der Waals surface area contributed by atoms with Gasteiger partial charge in [0, 0.05) is 25.2 Å². The number of ether oxygens (including phenoxy) is 2. The first kappa shape index (κ1) is 17.8. The van der Waals surface area contributed by atoms with E-state index in [9.17, 15) is 13.2 Å². The molecule has 0 spiro atoms. The Morgan fingerprint density at radius 3 is 2.48 bits per heavy atom. The van der Waals surface area contributed by atoms with E-state index in [-0.39, 0.29) is 28.8 Å². The maximum absolute atomic E-state index is 12.8. The molecule has 0 aromatic heterocycles. The van der Waals surface area contributed by atoms with Crippen LogP contribution in [0.2, 0.25) is 5.02 Å². The first-order chi connectivity index (χ1) is 10.8. The molecule has 1 fully saturated rings. The molecule has 1 atom stereocenters. The van der Waals surface area contributed by atoms with Crippen molar-refractivity contribution in [2.75, 3.05) is 27.3 Å². The van der Waals surface area contributed by atoms with Gasteiger partial charge in [-0.05, 0) is 12.8 Å². The van der Waals surface area contributed by atoms with Crippen LogP contribution in [0.5, 0.6) is 11.5 Å². The van der Waals surface area contributed by atoms with E-state index in [0.717, 1.165) is 4.31 Å². The molecule has 1 aromatic rings. The maximum Gasteiger partial charge on any atom is 0.307 e. The third-order valence-electron chi connectivity index (χ3n) is 3.79. The van der Waals surface area contributed by atoms with Crippen molar-refractivity contribution in [1.29, 1.82) is 0 Å². The zero-order chi connectivity index (χ0) is 17.2. The largest absolute Gasteiger partial charge is 0.493 e. The molecule has 7 nitrogen and oxygen atoms in total. The molecular weight excluding hydrogens is 346 g/mol. The third kappa shape index (κ3) is 3.54. The fourth-order valence-corrected chi connectivity index (χ4v) is 4.57. The van der Waals surface area contributed by atoms with Gasteiger partial charge in [-0.1, -0.05) is 11.6 Å². The van der Waals surface area contributed by atoms with Crippen LogP contribution in [0.1, 0.15) is 12.8 Å². The van der Waals surface area contributed by atoms with Gasteiger partial charge in [0.1, 0.15) is 4.90 Å². The van der Waals surface area contributed by atoms with Gasteiger partial charge >= 0.3 is 5.97 Å². The lowest BCUT2D eigenvalue weighted by atomic mass is 10.0. The van der Waals surface area contributed by atoms with Gasteiger partial charge in [0.05, 0.1) is 25.2 Å². The van der Waals surface area contributed by atoms with Crippen molar-refractivity contribution in [2.24, 2.45) is 5.92 Å². The number of carboxylic acids is 1. The summed E-state index contributed by atoms with van der Waals surface area (Å²) in [6.07, 6.45) is 0.947. The highest BCUT2D eigenvalue weighted by Crippen LogP contribution is 2.37. The van der Waals surface area contributed by atoms with E-state index in [1.165, 1.54) is 26.4 Å². The van der Waals surface area contributed by atoms with E-state index >= 15 is 0 Å². The number of aliphatic carboxylic acids is 1. The molecule has 0 saturated carbocycles. The van der Waals surface area contributed by atoms with Crippen LogP contribution >= 0.6 is 11.6 Å². The molecule has 1 aromatic carbocycles. The Bertz CT molecular complexity index is 705. The van der Waals surface area contributed by atoms with Gasteiger partial charge in [-0.3, -0.25) is 4.79 Å². The van der Waals surface area contributed by atoms with Crippen molar-refractivity contribution in [3.8, 4) is 11.5 Å². The first-order valence-electron chi connectivity index (χ1n) is 6.95. The van der Waals surface area contributed by atoms with Crippen LogP contribution in [-0.2, 0) is 14.8 Å². The lowest BCUT2D eigenvalue weighted by Gasteiger charge is -2.30. The Balaban J connectivity index is 2.41. The van der Waals surface area contributed by atoms with Crippen molar-refractivity contribution in [3.63, 3.8) is 0 Å². The molecule has 128 valence electrons. The smallest absolute Gasteiger partial charge is 0.307 e. The summed E-state index contributed by atoms with van der Waals surface area (Å²) in [6.45, 7) is 0.194. The molecule has 0 amide bonds. The predicted molar refractivity (Wildman–Crippen MR) is 83.7 cm³/mol. The number of hydrogen-bond donors (Lipinski definition) is 1. The minimum absolute atomic E-state index is 0.0000912. The number of carboxylic acid groups (broad SMARTS) is 1. The molecule has 1 aliphatic rings. The molecule has 23 heavy (non-hydrogen) atoms. The topological polar surface area (TPSA) is 93.1 Å². The number of sulfonamides is 1. The van der Waals surface area contributed by atoms with Crippen LogP contribution in [0, 0.1) is 5.92 Å². The molecule has 1 N–H and O–H groups in total. The van der Waals surface area contributed by atoms with E-state index in [1.54, 1.807) is 0 Å². The lowest BCUT2D eigenvalue weighted by molar-refractivity contribution is -0.142. The van der Waals surface area contributed by atoms with Gasteiger partial charge in [0.2, 0.25) is 10.0 Å². The highest BCUT2D eigenvalue weighted by molar-refractivity contribution is 7.89. The molecule has 2 rings (SSSR count). The lowest BCUT2D eigenvalue weighted by Crippen LogP contribution is -2.42. The molecule has 0 aliphatic carbocycles. The van der Waals surface area contributed by atoms with Crippen LogP contribution in [0.15, 0.2) is 17.0 Å². The Kier molecular flexibility index (Phi) is 5.38. The number of piperidine rings is 1. The summed E-state index contributed by atoms with van der Waals surface area (Å²) in [5, 5.41) is 9.11. The normalized spacial score (nSPS) is 19.3. The second-order valence-electron chi connectivity index (χ2n) is 5.18. The number of carbonyl (C=O) groups is 1. The average Bonchev–Trinajstić information content (AvgIpc) is 2.54. The monoisotopic (exact) mass is 363 g/mol. The highest BCUT2D eigenvalue weighted by Gasteiger charge is 2.35. The summed E-state index contributed by atoms with van der Waals surface area (Å²) in [6, 6.07) is 2.66. The van der Waals surface area contributed by atoms with Crippen molar-refractivity contribution in [3.05, 3.63) is 17.2 Å². The summed E-state index contributed by atoms with van der Waals surface area (Å²) >= 11 is 6.08. The van der Waals surface area contributed by atoms with Crippen molar-refractivity contribution in [1.82, 2.24) is 4.31 Å². The van der Waals surface area contributed by atoms with E-state index in [0.29, 0.717) is 18.6 Å². The third-order valence-corrected chi connectivity index (χ3v) is 6.12. The van der Waals surface area contributed by atoms with E-state index in [2.05, 4.69) is 0 Å². The fourth-order valence-electron chi connectivity index (χ4n) is 2.53. The molecule has 9 heteroatoms. The van der Waals surface area contributed by atoms with Crippen molar-refractivity contribution in [2.45, 2.75) is 17.7 Å². The number of rotatable bonds is 5. The molecule has 1 unspecified atom stereocenters. The van der Waals surface area contributed by atoms with Gasteiger partial charge in [0.15, 0.2) is 11.5 Å². The minimum atomic E-state index is -3.91. The van der Waals surface area contributed by atoms with Crippen LogP contribution in [0.4, 0.5) is 0 Å². The summed E-state index contributed by atoms with van der Waals surface area (Å²) in [4.78, 5) is 11.0. The minimum Gasteiger partial charge on any atom is -0.493 e. The zero-order valence-electron chi connectivity index (χ0n) is 12.8. The van der Waals surface area contributed by atoms with Crippen molar-refractivity contribution < 1.29 is 27.8 Å². The SMILES string of the molecule is COc1cc(Cl)c(S(=O)(=O)N2CCCC(C(=O)O)C2)cc1OC. The highest BCUT2D eigenvalue weighted by atomic mass is 35.5. The van der Waals surface area contributed by atoms with Crippen LogP contribution in [0.3, 0.4) is 0 Å². The van der Waals surface area contributed by atoms with Gasteiger partial charge in [-0.25, -0.2) is 8.42 Å². The molecular formula is C14H18ClNO6S. The van der Waals surface area contributed by atoms with Gasteiger partial charge in [-0.2, -0.15) is 4.31 Å². The van der Waals surface area contributed by atoms with E-state index in [1.807, 2.05) is 0 Å². The Hall–Kier alpha value is -1.51. The number of benzene rings is 1. The quantitative estimate of drug-likeness (QED) is 0.858. The molecule has 0 radical (unpaired) electrons. The van der Waals surface area contributed by atoms with Crippen LogP contribution < -0.4 is 9.47 Å². The standard InChI is InChI=1S/C14H18ClNO6S/c1-21-11-6-10(15)13(7-12(11)22-2)23(19,20)16-5-3-4-9(8-16)14(17)18/h6-7,9H,3-5,8H2,1-2H3,(H,17,18). The van der Waals surface area contributed by atoms with Crippen LogP contribution in [0.25, 0.3) is 0 Å². The second-order valence-corrected chi connectivity index (χ2v) is 7.49. The molecule has 1 heterocycles. The number of methoxy groups -OCH3 is 2. The summed E-state index contributed by atoms with van der Waals surface area (Å²) in [7, 11) is -1.10. The van der Waals surface area contributed by atoms with Gasteiger partial charge < -0.3 is 14.6 Å². The Labute approximate surface area is 139 Å². The number of nitrogens with zero attached hydrogens (tertiary/aromatic N) is 1. The summed E-state index contributed by atoms with van der Waals surface area (Å²) in [5.74, 6) is -1.15. The van der Waals surface area contributed by atoms with Crippen molar-refractivity contribution >= 4 is 27.6 Å². The van der Waals surface area contributed by atoms with E-state index < -0.39 is 21.9 Å². The molecule has 1 aliphatic heterocycles. The number of hydrogen-bond acceptors (Lipinski definition) is 5. The zero-order valence-corrected chi connectivity index (χ0v) is 14.4. The summed E-state index contributed by atoms with van der Waals surface area (Å²) < 4.78 is 36.9. The average molecular weight is 364 g/mol. The van der Waals surface area contributed by atoms with E-state index in [4.69, 9.17) is 26.2 Å². The molecule has 0 bridgehead atoms. The predicted octanol–water partition coefficient (Wildman–Crippen LogP) is 1.84. The van der Waals surface area contributed by atoms with Gasteiger partial charge in [0.25, 0.3) is 0 Å². The first-order valence-corrected chi connectivity index (χ1v) is 8.77. The maximum atomic E-state index is 12.8. The Morgan fingerprint density at radius 1 is 1.30 bits per heavy atom. The molecule has 1 saturated heterocycles. The second kappa shape index (κ2) is 6.94. The Morgan fingerprint density at radius 2 is 1.91 bits per heavy atom. The van der Waals surface area contributed by atoms with Crippen LogP contribution in [-0.4, -0.2) is 51.1 Å². The summed E-state index contributed by atoms with van der Waals surface area (Å²) in [5.41, 5.74) is 0.